The van der Waals surface area contributed by atoms with Gasteiger partial charge in [-0.15, -0.1) is 10.2 Å². The molecule has 34 heavy (non-hydrogen) atoms. The maximum Gasteiger partial charge on any atom is 0.233 e. The zero-order valence-corrected chi connectivity index (χ0v) is 20.3. The van der Waals surface area contributed by atoms with Gasteiger partial charge in [0.05, 0.1) is 30.7 Å². The van der Waals surface area contributed by atoms with E-state index in [1.165, 1.54) is 11.8 Å². The first kappa shape index (κ1) is 23.6. The van der Waals surface area contributed by atoms with E-state index in [1.54, 1.807) is 13.4 Å². The molecule has 1 unspecified atom stereocenters. The summed E-state index contributed by atoms with van der Waals surface area (Å²) >= 11 is 1.40. The predicted octanol–water partition coefficient (Wildman–Crippen LogP) is 4.74. The third-order valence-corrected chi connectivity index (χ3v) is 6.60. The number of hydrogen-bond donors (Lipinski definition) is 1. The molecule has 1 amide bonds. The number of nitrogens with one attached hydrogen (secondary N) is 1. The standard InChI is InChI=1S/C26H28N4O3S/c1-18-23(14-16-33-18)24-28-29-26(30(24)17-21-7-5-4-6-8-21)34-19(2)25(31)27-15-13-20-9-11-22(32-3)12-10-20/h4-12,14,16,19H,13,15,17H2,1-3H3,(H,27,31). The second-order valence-electron chi connectivity index (χ2n) is 7.92. The van der Waals surface area contributed by atoms with Crippen LogP contribution in [-0.4, -0.2) is 39.6 Å². The van der Waals surface area contributed by atoms with E-state index >= 15 is 0 Å². The number of nitrogens with zero attached hydrogens (tertiary/aromatic N) is 3. The smallest absolute Gasteiger partial charge is 0.233 e. The minimum absolute atomic E-state index is 0.0335. The summed E-state index contributed by atoms with van der Waals surface area (Å²) in [6.45, 7) is 4.95. The zero-order chi connectivity index (χ0) is 23.9. The molecule has 4 aromatic rings. The normalized spacial score (nSPS) is 11.9. The van der Waals surface area contributed by atoms with Gasteiger partial charge in [0.1, 0.15) is 11.5 Å². The summed E-state index contributed by atoms with van der Waals surface area (Å²) in [5.41, 5.74) is 3.17. The van der Waals surface area contributed by atoms with Crippen LogP contribution in [0.4, 0.5) is 0 Å². The minimum Gasteiger partial charge on any atom is -0.497 e. The Labute approximate surface area is 203 Å². The zero-order valence-electron chi connectivity index (χ0n) is 19.5. The van der Waals surface area contributed by atoms with Crippen molar-refractivity contribution in [3.05, 3.63) is 83.8 Å². The van der Waals surface area contributed by atoms with Crippen molar-refractivity contribution in [2.24, 2.45) is 0 Å². The van der Waals surface area contributed by atoms with Crippen molar-refractivity contribution in [2.75, 3.05) is 13.7 Å². The van der Waals surface area contributed by atoms with Gasteiger partial charge in [0.15, 0.2) is 11.0 Å². The van der Waals surface area contributed by atoms with Gasteiger partial charge < -0.3 is 14.5 Å². The Bertz CT molecular complexity index is 1220. The number of ether oxygens (including phenoxy) is 1. The van der Waals surface area contributed by atoms with Crippen LogP contribution in [0.3, 0.4) is 0 Å². The summed E-state index contributed by atoms with van der Waals surface area (Å²) in [6.07, 6.45) is 2.40. The molecule has 0 saturated carbocycles. The average molecular weight is 477 g/mol. The molecule has 0 bridgehead atoms. The van der Waals surface area contributed by atoms with Crippen LogP contribution < -0.4 is 10.1 Å². The Morgan fingerprint density at radius 1 is 1.09 bits per heavy atom. The van der Waals surface area contributed by atoms with Gasteiger partial charge in [-0.25, -0.2) is 0 Å². The molecule has 0 aliphatic carbocycles. The fourth-order valence-corrected chi connectivity index (χ4v) is 4.45. The summed E-state index contributed by atoms with van der Waals surface area (Å²) in [7, 11) is 1.65. The first-order valence-corrected chi connectivity index (χ1v) is 12.0. The van der Waals surface area contributed by atoms with Crippen molar-refractivity contribution in [3.63, 3.8) is 0 Å². The molecule has 0 aliphatic rings. The number of carbonyl (C=O) groups is 1. The molecule has 4 rings (SSSR count). The molecular weight excluding hydrogens is 448 g/mol. The fraction of sp³-hybridized carbons (Fsp3) is 0.269. The van der Waals surface area contributed by atoms with Gasteiger partial charge in [-0.1, -0.05) is 54.2 Å². The number of carbonyl (C=O) groups excluding carboxylic acids is 1. The Balaban J connectivity index is 1.43. The van der Waals surface area contributed by atoms with E-state index < -0.39 is 0 Å². The second kappa shape index (κ2) is 11.1. The topological polar surface area (TPSA) is 82.2 Å². The lowest BCUT2D eigenvalue weighted by atomic mass is 10.1. The molecule has 0 fully saturated rings. The molecule has 1 atom stereocenters. The minimum atomic E-state index is -0.326. The molecular formula is C26H28N4O3S. The molecule has 2 heterocycles. The number of benzene rings is 2. The van der Waals surface area contributed by atoms with Gasteiger partial charge in [-0.3, -0.25) is 9.36 Å². The Hall–Kier alpha value is -3.52. The third kappa shape index (κ3) is 5.69. The van der Waals surface area contributed by atoms with Crippen LogP contribution in [0.1, 0.15) is 23.8 Å². The number of rotatable bonds is 10. The molecule has 0 radical (unpaired) electrons. The maximum atomic E-state index is 12.8. The predicted molar refractivity (Wildman–Crippen MR) is 133 cm³/mol. The van der Waals surface area contributed by atoms with Crippen molar-refractivity contribution in [1.29, 1.82) is 0 Å². The van der Waals surface area contributed by atoms with E-state index in [0.29, 0.717) is 18.2 Å². The number of hydrogen-bond acceptors (Lipinski definition) is 6. The summed E-state index contributed by atoms with van der Waals surface area (Å²) in [6, 6.07) is 19.9. The van der Waals surface area contributed by atoms with Crippen LogP contribution in [0.15, 0.2) is 76.5 Å². The summed E-state index contributed by atoms with van der Waals surface area (Å²) < 4.78 is 12.7. The summed E-state index contributed by atoms with van der Waals surface area (Å²) in [5, 5.41) is 12.2. The lowest BCUT2D eigenvalue weighted by molar-refractivity contribution is -0.120. The number of aryl methyl sites for hydroxylation is 1. The lowest BCUT2D eigenvalue weighted by Gasteiger charge is -2.14. The highest BCUT2D eigenvalue weighted by Crippen LogP contribution is 2.30. The Kier molecular flexibility index (Phi) is 7.69. The second-order valence-corrected chi connectivity index (χ2v) is 9.23. The maximum absolute atomic E-state index is 12.8. The molecule has 1 N–H and O–H groups in total. The van der Waals surface area contributed by atoms with Gasteiger partial charge >= 0.3 is 0 Å². The molecule has 0 saturated heterocycles. The van der Waals surface area contributed by atoms with Crippen LogP contribution >= 0.6 is 11.8 Å². The van der Waals surface area contributed by atoms with E-state index in [1.807, 2.05) is 66.9 Å². The molecule has 176 valence electrons. The first-order valence-electron chi connectivity index (χ1n) is 11.1. The monoisotopic (exact) mass is 476 g/mol. The van der Waals surface area contributed by atoms with Crippen LogP contribution in [-0.2, 0) is 17.8 Å². The van der Waals surface area contributed by atoms with Gasteiger partial charge in [0, 0.05) is 6.54 Å². The van der Waals surface area contributed by atoms with E-state index in [9.17, 15) is 4.79 Å². The number of thioether (sulfide) groups is 1. The summed E-state index contributed by atoms with van der Waals surface area (Å²) in [4.78, 5) is 12.8. The van der Waals surface area contributed by atoms with E-state index in [2.05, 4.69) is 27.6 Å². The van der Waals surface area contributed by atoms with E-state index in [0.717, 1.165) is 40.4 Å². The van der Waals surface area contributed by atoms with Gasteiger partial charge in [-0.05, 0) is 49.6 Å². The van der Waals surface area contributed by atoms with Gasteiger partial charge in [0.2, 0.25) is 5.91 Å². The van der Waals surface area contributed by atoms with Gasteiger partial charge in [0.25, 0.3) is 0 Å². The van der Waals surface area contributed by atoms with Crippen LogP contribution in [0.2, 0.25) is 0 Å². The molecule has 2 aromatic carbocycles. The summed E-state index contributed by atoms with van der Waals surface area (Å²) in [5.74, 6) is 2.29. The third-order valence-electron chi connectivity index (χ3n) is 5.52. The fourth-order valence-electron chi connectivity index (χ4n) is 3.58. The first-order chi connectivity index (χ1) is 16.5. The number of aromatic nitrogens is 3. The highest BCUT2D eigenvalue weighted by Gasteiger charge is 2.22. The van der Waals surface area contributed by atoms with Crippen molar-refractivity contribution in [3.8, 4) is 17.1 Å². The molecule has 2 aromatic heterocycles. The van der Waals surface area contributed by atoms with E-state index in [-0.39, 0.29) is 11.2 Å². The number of amides is 1. The number of furan rings is 1. The lowest BCUT2D eigenvalue weighted by Crippen LogP contribution is -2.32. The van der Waals surface area contributed by atoms with Crippen molar-refractivity contribution in [2.45, 2.75) is 37.2 Å². The average Bonchev–Trinajstić information content (AvgIpc) is 3.45. The van der Waals surface area contributed by atoms with Crippen molar-refractivity contribution < 1.29 is 13.9 Å². The van der Waals surface area contributed by atoms with Gasteiger partial charge in [-0.2, -0.15) is 0 Å². The molecule has 7 nitrogen and oxygen atoms in total. The van der Waals surface area contributed by atoms with Crippen LogP contribution in [0.5, 0.6) is 5.75 Å². The molecule has 8 heteroatoms. The highest BCUT2D eigenvalue weighted by atomic mass is 32.2. The van der Waals surface area contributed by atoms with E-state index in [4.69, 9.17) is 9.15 Å². The molecule has 0 aliphatic heterocycles. The van der Waals surface area contributed by atoms with Crippen molar-refractivity contribution in [1.82, 2.24) is 20.1 Å². The number of methoxy groups -OCH3 is 1. The highest BCUT2D eigenvalue weighted by molar-refractivity contribution is 8.00. The van der Waals surface area contributed by atoms with Crippen molar-refractivity contribution >= 4 is 17.7 Å². The quantitative estimate of drug-likeness (QED) is 0.333. The van der Waals surface area contributed by atoms with Crippen LogP contribution in [0, 0.1) is 6.92 Å². The Morgan fingerprint density at radius 2 is 1.85 bits per heavy atom. The molecule has 0 spiro atoms. The Morgan fingerprint density at radius 3 is 2.53 bits per heavy atom. The SMILES string of the molecule is COc1ccc(CCNC(=O)C(C)Sc2nnc(-c3ccoc3C)n2Cc2ccccc2)cc1. The van der Waals surface area contributed by atoms with Crippen LogP contribution in [0.25, 0.3) is 11.4 Å². The largest absolute Gasteiger partial charge is 0.497 e.